The van der Waals surface area contributed by atoms with Gasteiger partial charge in [0.2, 0.25) is 5.82 Å². The van der Waals surface area contributed by atoms with Gasteiger partial charge in [-0.2, -0.15) is 13.2 Å². The molecule has 0 aliphatic heterocycles. The van der Waals surface area contributed by atoms with Gasteiger partial charge in [0.1, 0.15) is 0 Å². The van der Waals surface area contributed by atoms with Crippen molar-refractivity contribution in [3.05, 3.63) is 34.8 Å². The highest BCUT2D eigenvalue weighted by molar-refractivity contribution is 9.10. The molecule has 14 heavy (non-hydrogen) atoms. The molecule has 2 aromatic rings. The summed E-state index contributed by atoms with van der Waals surface area (Å²) in [5, 5.41) is 0. The zero-order chi connectivity index (χ0) is 10.3. The lowest BCUT2D eigenvalue weighted by Gasteiger charge is -2.04. The van der Waals surface area contributed by atoms with Crippen molar-refractivity contribution in [2.45, 2.75) is 6.18 Å². The van der Waals surface area contributed by atoms with Gasteiger partial charge >= 0.3 is 6.18 Å². The number of halogens is 4. The average Bonchev–Trinajstić information content (AvgIpc) is 2.45. The van der Waals surface area contributed by atoms with Crippen molar-refractivity contribution < 1.29 is 13.2 Å². The van der Waals surface area contributed by atoms with Gasteiger partial charge in [-0.1, -0.05) is 0 Å². The second-order valence-corrected chi connectivity index (χ2v) is 3.64. The monoisotopic (exact) mass is 264 g/mol. The van der Waals surface area contributed by atoms with Crippen LogP contribution in [0.4, 0.5) is 13.2 Å². The lowest BCUT2D eigenvalue weighted by Crippen LogP contribution is -2.10. The van der Waals surface area contributed by atoms with Gasteiger partial charge in [0, 0.05) is 10.7 Å². The Labute approximate surface area is 85.5 Å². The molecule has 0 spiro atoms. The first kappa shape index (κ1) is 9.51. The van der Waals surface area contributed by atoms with Crippen LogP contribution in [0, 0.1) is 0 Å². The second kappa shape index (κ2) is 2.98. The molecular formula is C8H4BrF3N2. The number of alkyl halides is 3. The fraction of sp³-hybridized carbons (Fsp3) is 0.125. The molecule has 2 heterocycles. The van der Waals surface area contributed by atoms with E-state index in [1.807, 2.05) is 0 Å². The predicted molar refractivity (Wildman–Crippen MR) is 47.9 cm³/mol. The van der Waals surface area contributed by atoms with Gasteiger partial charge in [0.25, 0.3) is 0 Å². The van der Waals surface area contributed by atoms with Gasteiger partial charge in [0.15, 0.2) is 0 Å². The number of aromatic nitrogens is 2. The minimum absolute atomic E-state index is 0.417. The molecule has 0 unspecified atom stereocenters. The van der Waals surface area contributed by atoms with Gasteiger partial charge in [-0.25, -0.2) is 4.98 Å². The first-order valence-corrected chi connectivity index (χ1v) is 4.47. The summed E-state index contributed by atoms with van der Waals surface area (Å²) in [6.45, 7) is 0. The molecule has 0 aliphatic carbocycles. The largest absolute Gasteiger partial charge is 0.450 e. The normalized spacial score (nSPS) is 12.3. The van der Waals surface area contributed by atoms with Crippen LogP contribution in [0.25, 0.3) is 5.52 Å². The Morgan fingerprint density at radius 1 is 1.29 bits per heavy atom. The molecule has 74 valence electrons. The van der Waals surface area contributed by atoms with Crippen molar-refractivity contribution in [2.24, 2.45) is 0 Å². The third kappa shape index (κ3) is 1.50. The van der Waals surface area contributed by atoms with E-state index in [1.165, 1.54) is 12.4 Å². The summed E-state index contributed by atoms with van der Waals surface area (Å²) in [6, 6.07) is 3.23. The lowest BCUT2D eigenvalue weighted by atomic mass is 10.4. The molecule has 0 aromatic carbocycles. The third-order valence-corrected chi connectivity index (χ3v) is 2.21. The van der Waals surface area contributed by atoms with Crippen molar-refractivity contribution in [1.29, 1.82) is 0 Å². The molecule has 0 radical (unpaired) electrons. The van der Waals surface area contributed by atoms with Crippen LogP contribution in [0.15, 0.2) is 29.0 Å². The lowest BCUT2D eigenvalue weighted by molar-refractivity contribution is -0.145. The van der Waals surface area contributed by atoms with E-state index in [0.717, 1.165) is 4.40 Å². The van der Waals surface area contributed by atoms with Crippen molar-refractivity contribution >= 4 is 21.4 Å². The number of nitrogens with zero attached hydrogens (tertiary/aromatic N) is 2. The van der Waals surface area contributed by atoms with E-state index < -0.39 is 12.0 Å². The van der Waals surface area contributed by atoms with E-state index in [4.69, 9.17) is 0 Å². The minimum Gasteiger partial charge on any atom is -0.295 e. The Morgan fingerprint density at radius 3 is 2.64 bits per heavy atom. The maximum atomic E-state index is 12.4. The molecule has 0 N–H and O–H groups in total. The summed E-state index contributed by atoms with van der Waals surface area (Å²) < 4.78 is 38.7. The van der Waals surface area contributed by atoms with E-state index in [-0.39, 0.29) is 0 Å². The molecule has 2 nitrogen and oxygen atoms in total. The van der Waals surface area contributed by atoms with Gasteiger partial charge in [0.05, 0.1) is 11.7 Å². The highest BCUT2D eigenvalue weighted by Crippen LogP contribution is 2.29. The molecule has 0 bridgehead atoms. The van der Waals surface area contributed by atoms with E-state index in [2.05, 4.69) is 20.9 Å². The number of rotatable bonds is 0. The molecule has 0 fully saturated rings. The zero-order valence-corrected chi connectivity index (χ0v) is 8.30. The predicted octanol–water partition coefficient (Wildman–Crippen LogP) is 3.12. The fourth-order valence-electron chi connectivity index (χ4n) is 1.17. The van der Waals surface area contributed by atoms with Gasteiger partial charge in [-0.15, -0.1) is 0 Å². The maximum absolute atomic E-state index is 12.4. The number of pyridine rings is 1. The van der Waals surface area contributed by atoms with E-state index in [0.29, 0.717) is 9.99 Å². The van der Waals surface area contributed by atoms with Crippen molar-refractivity contribution in [3.8, 4) is 0 Å². The molecule has 0 aliphatic rings. The Morgan fingerprint density at radius 2 is 2.00 bits per heavy atom. The van der Waals surface area contributed by atoms with Crippen LogP contribution < -0.4 is 0 Å². The van der Waals surface area contributed by atoms with Gasteiger partial charge in [-0.3, -0.25) is 4.40 Å². The quantitative estimate of drug-likeness (QED) is 0.715. The average molecular weight is 265 g/mol. The minimum atomic E-state index is -4.42. The van der Waals surface area contributed by atoms with Crippen LogP contribution in [0.3, 0.4) is 0 Å². The fourth-order valence-corrected chi connectivity index (χ4v) is 1.51. The number of hydrogen-bond donors (Lipinski definition) is 0. The Hall–Kier alpha value is -1.04. The number of imidazole rings is 1. The summed E-state index contributed by atoms with van der Waals surface area (Å²) in [6.07, 6.45) is -1.90. The second-order valence-electron chi connectivity index (χ2n) is 2.72. The van der Waals surface area contributed by atoms with Crippen molar-refractivity contribution in [3.63, 3.8) is 0 Å². The topological polar surface area (TPSA) is 17.3 Å². The highest BCUT2D eigenvalue weighted by atomic mass is 79.9. The van der Waals surface area contributed by atoms with Gasteiger partial charge < -0.3 is 0 Å². The van der Waals surface area contributed by atoms with Crippen LogP contribution in [-0.4, -0.2) is 9.38 Å². The Bertz CT molecular complexity index is 475. The Kier molecular flexibility index (Phi) is 2.02. The number of fused-ring (bicyclic) bond motifs is 1. The van der Waals surface area contributed by atoms with Crippen LogP contribution >= 0.6 is 15.9 Å². The third-order valence-electron chi connectivity index (χ3n) is 1.74. The molecule has 2 rings (SSSR count). The molecule has 0 saturated carbocycles. The first-order chi connectivity index (χ1) is 6.48. The van der Waals surface area contributed by atoms with E-state index in [1.54, 1.807) is 12.1 Å². The van der Waals surface area contributed by atoms with Crippen LogP contribution in [0.1, 0.15) is 5.82 Å². The van der Waals surface area contributed by atoms with Crippen LogP contribution in [0.5, 0.6) is 0 Å². The van der Waals surface area contributed by atoms with Crippen molar-refractivity contribution in [1.82, 2.24) is 9.38 Å². The van der Waals surface area contributed by atoms with Crippen LogP contribution in [-0.2, 0) is 6.18 Å². The summed E-state index contributed by atoms with van der Waals surface area (Å²) in [4.78, 5) is 3.32. The zero-order valence-electron chi connectivity index (χ0n) is 6.72. The maximum Gasteiger partial charge on any atom is 0.450 e. The molecule has 6 heteroatoms. The molecule has 2 aromatic heterocycles. The Balaban J connectivity index is 2.73. The summed E-state index contributed by atoms with van der Waals surface area (Å²) in [7, 11) is 0. The standard InChI is InChI=1S/C8H4BrF3N2/c9-5-1-2-6-3-13-7(8(10,11)12)14(6)4-5/h1-4H. The summed E-state index contributed by atoms with van der Waals surface area (Å²) in [5.74, 6) is -0.909. The molecular weight excluding hydrogens is 261 g/mol. The highest BCUT2D eigenvalue weighted by Gasteiger charge is 2.35. The summed E-state index contributed by atoms with van der Waals surface area (Å²) >= 11 is 3.10. The van der Waals surface area contributed by atoms with E-state index in [9.17, 15) is 13.2 Å². The summed E-state index contributed by atoms with van der Waals surface area (Å²) in [5.41, 5.74) is 0.417. The molecule has 0 amide bonds. The molecule has 0 saturated heterocycles. The van der Waals surface area contributed by atoms with Crippen LogP contribution in [0.2, 0.25) is 0 Å². The van der Waals surface area contributed by atoms with Gasteiger partial charge in [-0.05, 0) is 28.1 Å². The van der Waals surface area contributed by atoms with Crippen molar-refractivity contribution in [2.75, 3.05) is 0 Å². The SMILES string of the molecule is FC(F)(F)c1ncc2ccc(Br)cn12. The molecule has 0 atom stereocenters. The first-order valence-electron chi connectivity index (χ1n) is 3.68. The van der Waals surface area contributed by atoms with E-state index >= 15 is 0 Å². The smallest absolute Gasteiger partial charge is 0.295 e. The number of hydrogen-bond acceptors (Lipinski definition) is 1.